The third kappa shape index (κ3) is 1.90. The van der Waals surface area contributed by atoms with Crippen molar-refractivity contribution in [3.8, 4) is 11.5 Å². The fourth-order valence-electron chi connectivity index (χ4n) is 3.51. The van der Waals surface area contributed by atoms with Gasteiger partial charge < -0.3 is 14.0 Å². The Morgan fingerprint density at radius 1 is 1.52 bits per heavy atom. The highest BCUT2D eigenvalue weighted by Gasteiger charge is 2.65. The van der Waals surface area contributed by atoms with Gasteiger partial charge in [0.25, 0.3) is 0 Å². The minimum absolute atomic E-state index is 0.292. The fourth-order valence-corrected chi connectivity index (χ4v) is 3.51. The molecule has 2 atom stereocenters. The number of carboxylic acid groups (broad SMARTS) is 1. The van der Waals surface area contributed by atoms with Crippen molar-refractivity contribution in [2.24, 2.45) is 5.92 Å². The second kappa shape index (κ2) is 4.46. The number of furan rings is 1. The first-order valence-electron chi connectivity index (χ1n) is 7.18. The highest BCUT2D eigenvalue weighted by molar-refractivity contribution is 5.83. The van der Waals surface area contributed by atoms with E-state index >= 15 is 0 Å². The molecule has 1 saturated heterocycles. The monoisotopic (exact) mass is 288 g/mol. The Kier molecular flexibility index (Phi) is 2.68. The number of aromatic nitrogens is 1. The summed E-state index contributed by atoms with van der Waals surface area (Å²) in [6, 6.07) is 5.41. The molecule has 6 heteroatoms. The van der Waals surface area contributed by atoms with Crippen molar-refractivity contribution in [3.05, 3.63) is 30.2 Å². The van der Waals surface area contributed by atoms with Crippen LogP contribution in [0, 0.1) is 5.92 Å². The largest absolute Gasteiger partial charge is 0.480 e. The average molecular weight is 288 g/mol. The average Bonchev–Trinajstić information content (AvgIpc) is 2.84. The number of fused-ring (bicyclic) bond motifs is 1. The normalized spacial score (nSPS) is 28.3. The number of hydrogen-bond donors (Lipinski definition) is 1. The van der Waals surface area contributed by atoms with Gasteiger partial charge in [-0.1, -0.05) is 5.16 Å². The van der Waals surface area contributed by atoms with E-state index in [1.165, 1.54) is 0 Å². The van der Waals surface area contributed by atoms with Gasteiger partial charge in [-0.3, -0.25) is 9.69 Å². The van der Waals surface area contributed by atoms with Crippen LogP contribution in [0.3, 0.4) is 0 Å². The van der Waals surface area contributed by atoms with Crippen LogP contribution >= 0.6 is 0 Å². The van der Waals surface area contributed by atoms with Crippen LogP contribution in [0.15, 0.2) is 33.4 Å². The first-order valence-corrected chi connectivity index (χ1v) is 7.18. The Balaban J connectivity index is 1.54. The van der Waals surface area contributed by atoms with Gasteiger partial charge in [0.2, 0.25) is 5.76 Å². The molecule has 1 aliphatic carbocycles. The molecule has 0 radical (unpaired) electrons. The molecule has 110 valence electrons. The highest BCUT2D eigenvalue weighted by atomic mass is 16.5. The maximum absolute atomic E-state index is 11.6. The number of nitrogens with zero attached hydrogens (tertiary/aromatic N) is 2. The minimum Gasteiger partial charge on any atom is -0.480 e. The Morgan fingerprint density at radius 3 is 3.19 bits per heavy atom. The molecule has 0 aromatic carbocycles. The first kappa shape index (κ1) is 12.6. The molecule has 2 fully saturated rings. The molecule has 2 aromatic heterocycles. The molecule has 21 heavy (non-hydrogen) atoms. The van der Waals surface area contributed by atoms with E-state index in [1.54, 1.807) is 18.4 Å². The van der Waals surface area contributed by atoms with Crippen molar-refractivity contribution < 1.29 is 18.8 Å². The SMILES string of the molecule is O=C(O)[C@]12C[C@H]1CCCN2Cc1cc(-c2ccco2)on1. The summed E-state index contributed by atoms with van der Waals surface area (Å²) in [5.74, 6) is 0.788. The van der Waals surface area contributed by atoms with E-state index in [-0.39, 0.29) is 0 Å². The van der Waals surface area contributed by atoms with E-state index in [4.69, 9.17) is 8.94 Å². The van der Waals surface area contributed by atoms with Crippen LogP contribution in [-0.4, -0.2) is 33.2 Å². The van der Waals surface area contributed by atoms with E-state index in [0.717, 1.165) is 31.5 Å². The number of rotatable bonds is 4. The van der Waals surface area contributed by atoms with Gasteiger partial charge in [-0.15, -0.1) is 0 Å². The lowest BCUT2D eigenvalue weighted by atomic mass is 10.0. The van der Waals surface area contributed by atoms with Crippen LogP contribution < -0.4 is 0 Å². The molecule has 0 amide bonds. The molecular weight excluding hydrogens is 272 g/mol. The number of carboxylic acids is 1. The second-order valence-electron chi connectivity index (χ2n) is 5.85. The number of aliphatic carboxylic acids is 1. The van der Waals surface area contributed by atoms with Gasteiger partial charge in [-0.05, 0) is 43.9 Å². The molecule has 0 bridgehead atoms. The molecule has 1 saturated carbocycles. The third-order valence-corrected chi connectivity index (χ3v) is 4.66. The lowest BCUT2D eigenvalue weighted by molar-refractivity contribution is -0.147. The van der Waals surface area contributed by atoms with Crippen LogP contribution in [0.2, 0.25) is 0 Å². The number of hydrogen-bond acceptors (Lipinski definition) is 5. The van der Waals surface area contributed by atoms with Crippen molar-refractivity contribution in [3.63, 3.8) is 0 Å². The van der Waals surface area contributed by atoms with Crippen LogP contribution in [0.1, 0.15) is 25.0 Å². The highest BCUT2D eigenvalue weighted by Crippen LogP contribution is 2.54. The van der Waals surface area contributed by atoms with E-state index in [9.17, 15) is 9.90 Å². The fraction of sp³-hybridized carbons (Fsp3) is 0.467. The lowest BCUT2D eigenvalue weighted by Gasteiger charge is -2.32. The second-order valence-corrected chi connectivity index (χ2v) is 5.85. The van der Waals surface area contributed by atoms with Gasteiger partial charge in [-0.2, -0.15) is 0 Å². The molecule has 6 nitrogen and oxygen atoms in total. The number of piperidine rings is 1. The molecule has 2 aliphatic rings. The summed E-state index contributed by atoms with van der Waals surface area (Å²) in [4.78, 5) is 13.6. The van der Waals surface area contributed by atoms with E-state index in [0.29, 0.717) is 24.0 Å². The molecular formula is C15H16N2O4. The molecule has 0 spiro atoms. The predicted molar refractivity (Wildman–Crippen MR) is 72.3 cm³/mol. The molecule has 1 N–H and O–H groups in total. The Morgan fingerprint density at radius 2 is 2.43 bits per heavy atom. The van der Waals surface area contributed by atoms with Crippen molar-refractivity contribution >= 4 is 5.97 Å². The minimum atomic E-state index is -0.707. The number of carbonyl (C=O) groups is 1. The lowest BCUT2D eigenvalue weighted by Crippen LogP contribution is -2.47. The summed E-state index contributed by atoms with van der Waals surface area (Å²) >= 11 is 0. The predicted octanol–water partition coefficient (Wildman–Crippen LogP) is 2.37. The first-order chi connectivity index (χ1) is 10.2. The van der Waals surface area contributed by atoms with E-state index in [2.05, 4.69) is 5.16 Å². The number of likely N-dealkylation sites (tertiary alicyclic amines) is 1. The summed E-state index contributed by atoms with van der Waals surface area (Å²) in [5, 5.41) is 13.6. The van der Waals surface area contributed by atoms with Crippen LogP contribution in [0.5, 0.6) is 0 Å². The molecule has 3 heterocycles. The molecule has 4 rings (SSSR count). The van der Waals surface area contributed by atoms with Gasteiger partial charge in [0.15, 0.2) is 5.76 Å². The summed E-state index contributed by atoms with van der Waals surface area (Å²) in [6.07, 6.45) is 4.39. The van der Waals surface area contributed by atoms with E-state index < -0.39 is 11.5 Å². The summed E-state index contributed by atoms with van der Waals surface area (Å²) in [7, 11) is 0. The van der Waals surface area contributed by atoms with Gasteiger partial charge in [0, 0.05) is 12.6 Å². The Hall–Kier alpha value is -2.08. The van der Waals surface area contributed by atoms with Crippen molar-refractivity contribution in [2.45, 2.75) is 31.3 Å². The van der Waals surface area contributed by atoms with Gasteiger partial charge >= 0.3 is 5.97 Å². The van der Waals surface area contributed by atoms with Crippen LogP contribution in [0.25, 0.3) is 11.5 Å². The smallest absolute Gasteiger partial charge is 0.324 e. The molecule has 0 unspecified atom stereocenters. The maximum atomic E-state index is 11.6. The topological polar surface area (TPSA) is 79.7 Å². The van der Waals surface area contributed by atoms with Crippen LogP contribution in [0.4, 0.5) is 0 Å². The maximum Gasteiger partial charge on any atom is 0.324 e. The van der Waals surface area contributed by atoms with Gasteiger partial charge in [0.1, 0.15) is 5.54 Å². The van der Waals surface area contributed by atoms with Crippen molar-refractivity contribution in [2.75, 3.05) is 6.54 Å². The molecule has 1 aliphatic heterocycles. The zero-order valence-electron chi connectivity index (χ0n) is 11.5. The summed E-state index contributed by atoms with van der Waals surface area (Å²) < 4.78 is 10.5. The Labute approximate surface area is 121 Å². The third-order valence-electron chi connectivity index (χ3n) is 4.66. The van der Waals surface area contributed by atoms with Gasteiger partial charge in [-0.25, -0.2) is 0 Å². The summed E-state index contributed by atoms with van der Waals surface area (Å²) in [6.45, 7) is 1.30. The van der Waals surface area contributed by atoms with Gasteiger partial charge in [0.05, 0.1) is 12.0 Å². The van der Waals surface area contributed by atoms with Crippen molar-refractivity contribution in [1.82, 2.24) is 10.1 Å². The zero-order valence-corrected chi connectivity index (χ0v) is 11.5. The standard InChI is InChI=1S/C15H16N2O4/c18-14(19)15-8-10(15)3-1-5-17(15)9-11-7-13(21-16-11)12-4-2-6-20-12/h2,4,6-7,10H,1,3,5,8-9H2,(H,18,19)/t10-,15+/m1/s1. The quantitative estimate of drug-likeness (QED) is 0.930. The van der Waals surface area contributed by atoms with Crippen LogP contribution in [-0.2, 0) is 11.3 Å². The van der Waals surface area contributed by atoms with E-state index in [1.807, 2.05) is 11.0 Å². The van der Waals surface area contributed by atoms with Crippen molar-refractivity contribution in [1.29, 1.82) is 0 Å². The Bertz CT molecular complexity index is 663. The summed E-state index contributed by atoms with van der Waals surface area (Å²) in [5.41, 5.74) is 0.0803. The molecule has 2 aromatic rings. The zero-order chi connectivity index (χ0) is 14.4.